The van der Waals surface area contributed by atoms with E-state index < -0.39 is 18.0 Å². The summed E-state index contributed by atoms with van der Waals surface area (Å²) in [5, 5.41) is 3.13. The summed E-state index contributed by atoms with van der Waals surface area (Å²) in [7, 11) is 0. The molecule has 1 unspecified atom stereocenters. The Morgan fingerprint density at radius 1 is 1.13 bits per heavy atom. The summed E-state index contributed by atoms with van der Waals surface area (Å²) in [4.78, 5) is 24.2. The molecule has 2 aromatic rings. The molecule has 0 aromatic heterocycles. The summed E-state index contributed by atoms with van der Waals surface area (Å²) in [5.41, 5.74) is 0.695. The number of anilines is 1. The van der Waals surface area contributed by atoms with Crippen LogP contribution in [0.25, 0.3) is 0 Å². The number of halogens is 3. The van der Waals surface area contributed by atoms with E-state index in [0.717, 1.165) is 0 Å². The zero-order valence-corrected chi connectivity index (χ0v) is 15.1. The van der Waals surface area contributed by atoms with Crippen molar-refractivity contribution in [3.63, 3.8) is 0 Å². The highest BCUT2D eigenvalue weighted by Gasteiger charge is 2.21. The summed E-state index contributed by atoms with van der Waals surface area (Å²) in [5.74, 6) is -1.10. The number of amides is 1. The van der Waals surface area contributed by atoms with Gasteiger partial charge in [-0.25, -0.2) is 4.79 Å². The predicted octanol–water partition coefficient (Wildman–Crippen LogP) is 4.94. The molecule has 0 fully saturated rings. The molecule has 1 amide bonds. The maximum Gasteiger partial charge on any atom is 0.340 e. The summed E-state index contributed by atoms with van der Waals surface area (Å²) in [6.45, 7) is 1.47. The van der Waals surface area contributed by atoms with Crippen LogP contribution in [0.15, 0.2) is 46.9 Å². The van der Waals surface area contributed by atoms with Crippen molar-refractivity contribution < 1.29 is 14.3 Å². The molecule has 2 rings (SSSR count). The first-order valence-electron chi connectivity index (χ1n) is 6.60. The molecular weight excluding hydrogens is 405 g/mol. The van der Waals surface area contributed by atoms with Gasteiger partial charge in [0, 0.05) is 4.47 Å². The van der Waals surface area contributed by atoms with Gasteiger partial charge in [0.05, 0.1) is 21.3 Å². The third-order valence-electron chi connectivity index (χ3n) is 2.96. The molecule has 23 heavy (non-hydrogen) atoms. The highest BCUT2D eigenvalue weighted by Crippen LogP contribution is 2.29. The monoisotopic (exact) mass is 415 g/mol. The zero-order chi connectivity index (χ0) is 17.0. The van der Waals surface area contributed by atoms with Crippen LogP contribution in [0.2, 0.25) is 10.0 Å². The second kappa shape index (κ2) is 7.81. The molecule has 0 spiro atoms. The van der Waals surface area contributed by atoms with Gasteiger partial charge in [0.25, 0.3) is 5.91 Å². The predicted molar refractivity (Wildman–Crippen MR) is 94.1 cm³/mol. The standard InChI is InChI=1S/C16H12BrCl2NO3/c1-9(23-16(22)10-5-2-3-6-11(10)17)15(21)20-13-8-4-7-12(18)14(13)19/h2-9H,1H3,(H,20,21). The lowest BCUT2D eigenvalue weighted by atomic mass is 10.2. The molecule has 0 heterocycles. The molecule has 1 atom stereocenters. The van der Waals surface area contributed by atoms with E-state index in [1.165, 1.54) is 6.92 Å². The van der Waals surface area contributed by atoms with Crippen LogP contribution >= 0.6 is 39.1 Å². The van der Waals surface area contributed by atoms with E-state index in [0.29, 0.717) is 20.7 Å². The number of benzene rings is 2. The van der Waals surface area contributed by atoms with Gasteiger partial charge in [0.2, 0.25) is 0 Å². The van der Waals surface area contributed by atoms with Crippen molar-refractivity contribution in [1.82, 2.24) is 0 Å². The van der Waals surface area contributed by atoms with Gasteiger partial charge < -0.3 is 10.1 Å². The van der Waals surface area contributed by atoms with E-state index in [-0.39, 0.29) is 5.02 Å². The molecule has 0 aliphatic rings. The third-order valence-corrected chi connectivity index (χ3v) is 4.47. The van der Waals surface area contributed by atoms with Crippen molar-refractivity contribution in [1.29, 1.82) is 0 Å². The minimum absolute atomic E-state index is 0.229. The Balaban J connectivity index is 2.04. The summed E-state index contributed by atoms with van der Waals surface area (Å²) < 4.78 is 5.76. The number of nitrogens with one attached hydrogen (secondary N) is 1. The van der Waals surface area contributed by atoms with E-state index in [1.54, 1.807) is 42.5 Å². The largest absolute Gasteiger partial charge is 0.449 e. The Bertz CT molecular complexity index is 752. The molecular formula is C16H12BrCl2NO3. The molecule has 120 valence electrons. The number of ether oxygens (including phenoxy) is 1. The summed E-state index contributed by atoms with van der Waals surface area (Å²) >= 11 is 15.2. The van der Waals surface area contributed by atoms with Gasteiger partial charge >= 0.3 is 5.97 Å². The van der Waals surface area contributed by atoms with Gasteiger partial charge in [-0.1, -0.05) is 41.4 Å². The molecule has 4 nitrogen and oxygen atoms in total. The first-order valence-corrected chi connectivity index (χ1v) is 8.15. The number of carbonyl (C=O) groups is 2. The van der Waals surface area contributed by atoms with Crippen LogP contribution < -0.4 is 5.32 Å². The zero-order valence-electron chi connectivity index (χ0n) is 12.0. The number of hydrogen-bond acceptors (Lipinski definition) is 3. The average Bonchev–Trinajstić information content (AvgIpc) is 2.52. The van der Waals surface area contributed by atoms with Crippen molar-refractivity contribution in [3.8, 4) is 0 Å². The van der Waals surface area contributed by atoms with Crippen LogP contribution in [-0.2, 0) is 9.53 Å². The Morgan fingerprint density at radius 3 is 2.52 bits per heavy atom. The van der Waals surface area contributed by atoms with Crippen molar-refractivity contribution in [2.24, 2.45) is 0 Å². The first kappa shape index (κ1) is 17.8. The number of rotatable bonds is 4. The van der Waals surface area contributed by atoms with Crippen molar-refractivity contribution >= 4 is 56.7 Å². The molecule has 0 saturated heterocycles. The molecule has 0 aliphatic carbocycles. The third kappa shape index (κ3) is 4.47. The van der Waals surface area contributed by atoms with Gasteiger partial charge in [0.1, 0.15) is 0 Å². The highest BCUT2D eigenvalue weighted by molar-refractivity contribution is 9.10. The molecule has 2 aromatic carbocycles. The second-order valence-electron chi connectivity index (χ2n) is 4.62. The molecule has 0 bridgehead atoms. The number of hydrogen-bond donors (Lipinski definition) is 1. The topological polar surface area (TPSA) is 55.4 Å². The molecule has 1 N–H and O–H groups in total. The summed E-state index contributed by atoms with van der Waals surface area (Å²) in [6.07, 6.45) is -0.996. The fourth-order valence-electron chi connectivity index (χ4n) is 1.74. The van der Waals surface area contributed by atoms with Crippen molar-refractivity contribution in [3.05, 3.63) is 62.5 Å². The minimum atomic E-state index is -0.996. The van der Waals surface area contributed by atoms with Gasteiger partial charge in [-0.15, -0.1) is 0 Å². The van der Waals surface area contributed by atoms with Crippen molar-refractivity contribution in [2.45, 2.75) is 13.0 Å². The van der Waals surface area contributed by atoms with Crippen LogP contribution in [0.3, 0.4) is 0 Å². The highest BCUT2D eigenvalue weighted by atomic mass is 79.9. The molecule has 0 saturated carbocycles. The van der Waals surface area contributed by atoms with E-state index in [1.807, 2.05) is 0 Å². The quantitative estimate of drug-likeness (QED) is 0.718. The number of esters is 1. The number of carbonyl (C=O) groups excluding carboxylic acids is 2. The lowest BCUT2D eigenvalue weighted by Crippen LogP contribution is -2.30. The van der Waals surface area contributed by atoms with E-state index in [9.17, 15) is 9.59 Å². The van der Waals surface area contributed by atoms with Crippen LogP contribution in [0.1, 0.15) is 17.3 Å². The molecule has 0 aliphatic heterocycles. The Labute approximate surface area is 151 Å². The molecule has 7 heteroatoms. The summed E-state index contributed by atoms with van der Waals surface area (Å²) in [6, 6.07) is 11.7. The van der Waals surface area contributed by atoms with Crippen LogP contribution in [0, 0.1) is 0 Å². The Morgan fingerprint density at radius 2 is 1.83 bits per heavy atom. The lowest BCUT2D eigenvalue weighted by molar-refractivity contribution is -0.123. The maximum atomic E-state index is 12.1. The second-order valence-corrected chi connectivity index (χ2v) is 6.26. The normalized spacial score (nSPS) is 11.7. The van der Waals surface area contributed by atoms with Gasteiger partial charge in [-0.3, -0.25) is 4.79 Å². The van der Waals surface area contributed by atoms with Crippen molar-refractivity contribution in [2.75, 3.05) is 5.32 Å². The fourth-order valence-corrected chi connectivity index (χ4v) is 2.53. The fraction of sp³-hybridized carbons (Fsp3) is 0.125. The van der Waals surface area contributed by atoms with Gasteiger partial charge in [-0.05, 0) is 47.1 Å². The minimum Gasteiger partial charge on any atom is -0.449 e. The lowest BCUT2D eigenvalue weighted by Gasteiger charge is -2.15. The SMILES string of the molecule is CC(OC(=O)c1ccccc1Br)C(=O)Nc1cccc(Cl)c1Cl. The van der Waals surface area contributed by atoms with Gasteiger partial charge in [0.15, 0.2) is 6.10 Å². The smallest absolute Gasteiger partial charge is 0.340 e. The Hall–Kier alpha value is -1.56. The van der Waals surface area contributed by atoms with Crippen LogP contribution in [0.5, 0.6) is 0 Å². The van der Waals surface area contributed by atoms with Gasteiger partial charge in [-0.2, -0.15) is 0 Å². The first-order chi connectivity index (χ1) is 10.9. The van der Waals surface area contributed by atoms with Crippen LogP contribution in [-0.4, -0.2) is 18.0 Å². The van der Waals surface area contributed by atoms with Crippen LogP contribution in [0.4, 0.5) is 5.69 Å². The average molecular weight is 417 g/mol. The Kier molecular flexibility index (Phi) is 6.04. The maximum absolute atomic E-state index is 12.1. The van der Waals surface area contributed by atoms with E-state index in [2.05, 4.69) is 21.2 Å². The molecule has 0 radical (unpaired) electrons. The van der Waals surface area contributed by atoms with E-state index in [4.69, 9.17) is 27.9 Å². The van der Waals surface area contributed by atoms with E-state index >= 15 is 0 Å².